The lowest BCUT2D eigenvalue weighted by Gasteiger charge is -2.10. The number of halogens is 3. The van der Waals surface area contributed by atoms with Gasteiger partial charge in [-0.15, -0.1) is 11.6 Å². The van der Waals surface area contributed by atoms with Gasteiger partial charge in [0.25, 0.3) is 0 Å². The van der Waals surface area contributed by atoms with Crippen LogP contribution in [0.25, 0.3) is 16.9 Å². The molecule has 0 spiro atoms. The normalized spacial score (nSPS) is 11.2. The van der Waals surface area contributed by atoms with Gasteiger partial charge in [0.1, 0.15) is 11.3 Å². The van der Waals surface area contributed by atoms with Crippen LogP contribution in [-0.4, -0.2) is 20.4 Å². The molecule has 0 atom stereocenters. The molecule has 21 heavy (non-hydrogen) atoms. The number of nitrogens with zero attached hydrogens (tertiary/aromatic N) is 3. The van der Waals surface area contributed by atoms with E-state index in [9.17, 15) is 0 Å². The van der Waals surface area contributed by atoms with Crippen LogP contribution in [0.1, 0.15) is 11.5 Å². The maximum Gasteiger partial charge on any atom is 0.164 e. The van der Waals surface area contributed by atoms with E-state index < -0.39 is 0 Å². The highest BCUT2D eigenvalue weighted by Crippen LogP contribution is 2.29. The standard InChI is InChI=1S/C15H12Cl3N3/c1-9-2-5-12-15(19-9)21(14(20-12)6-7-16)13-8-10(17)3-4-11(13)18/h2-5,8H,6-7H2,1H3. The lowest BCUT2D eigenvalue weighted by atomic mass is 10.3. The van der Waals surface area contributed by atoms with Crippen LogP contribution in [-0.2, 0) is 6.42 Å². The van der Waals surface area contributed by atoms with Crippen LogP contribution in [0.2, 0.25) is 10.0 Å². The second-order valence-electron chi connectivity index (χ2n) is 4.69. The van der Waals surface area contributed by atoms with E-state index in [-0.39, 0.29) is 0 Å². The highest BCUT2D eigenvalue weighted by Gasteiger charge is 2.16. The average Bonchev–Trinajstić information content (AvgIpc) is 2.79. The second kappa shape index (κ2) is 5.84. The summed E-state index contributed by atoms with van der Waals surface area (Å²) in [4.78, 5) is 9.19. The Hall–Kier alpha value is -1.29. The second-order valence-corrected chi connectivity index (χ2v) is 5.92. The van der Waals surface area contributed by atoms with E-state index in [4.69, 9.17) is 34.8 Å². The zero-order valence-electron chi connectivity index (χ0n) is 11.3. The van der Waals surface area contributed by atoms with Gasteiger partial charge in [0.2, 0.25) is 0 Å². The summed E-state index contributed by atoms with van der Waals surface area (Å²) in [6.45, 7) is 1.94. The first-order valence-corrected chi connectivity index (χ1v) is 7.75. The molecule has 0 radical (unpaired) electrons. The van der Waals surface area contributed by atoms with Crippen molar-refractivity contribution in [2.24, 2.45) is 0 Å². The van der Waals surface area contributed by atoms with Gasteiger partial charge < -0.3 is 0 Å². The highest BCUT2D eigenvalue weighted by molar-refractivity contribution is 6.34. The first kappa shape index (κ1) is 14.6. The molecule has 6 heteroatoms. The van der Waals surface area contributed by atoms with Crippen LogP contribution in [0.15, 0.2) is 30.3 Å². The van der Waals surface area contributed by atoms with Crippen molar-refractivity contribution in [2.75, 3.05) is 5.88 Å². The van der Waals surface area contributed by atoms with Gasteiger partial charge in [0.15, 0.2) is 5.65 Å². The third kappa shape index (κ3) is 2.73. The number of rotatable bonds is 3. The summed E-state index contributed by atoms with van der Waals surface area (Å²) in [5.41, 5.74) is 3.26. The fourth-order valence-electron chi connectivity index (χ4n) is 2.26. The molecule has 0 N–H and O–H groups in total. The molecular formula is C15H12Cl3N3. The van der Waals surface area contributed by atoms with Gasteiger partial charge in [-0.25, -0.2) is 9.97 Å². The molecule has 0 saturated carbocycles. The van der Waals surface area contributed by atoms with Crippen LogP contribution in [0.3, 0.4) is 0 Å². The van der Waals surface area contributed by atoms with Gasteiger partial charge in [0, 0.05) is 23.0 Å². The predicted octanol–water partition coefficient (Wildman–Crippen LogP) is 4.82. The molecule has 0 aliphatic heterocycles. The predicted molar refractivity (Wildman–Crippen MR) is 88.0 cm³/mol. The van der Waals surface area contributed by atoms with Crippen molar-refractivity contribution in [1.29, 1.82) is 0 Å². The Morgan fingerprint density at radius 2 is 1.90 bits per heavy atom. The first-order chi connectivity index (χ1) is 10.1. The molecular weight excluding hydrogens is 329 g/mol. The molecule has 0 fully saturated rings. The van der Waals surface area contributed by atoms with E-state index in [0.717, 1.165) is 28.4 Å². The molecule has 0 amide bonds. The van der Waals surface area contributed by atoms with Crippen molar-refractivity contribution in [1.82, 2.24) is 14.5 Å². The van der Waals surface area contributed by atoms with Crippen LogP contribution in [0.4, 0.5) is 0 Å². The minimum atomic E-state index is 0.473. The van der Waals surface area contributed by atoms with Crippen LogP contribution in [0, 0.1) is 6.92 Å². The third-order valence-corrected chi connectivity index (χ3v) is 3.92. The number of hydrogen-bond acceptors (Lipinski definition) is 2. The smallest absolute Gasteiger partial charge is 0.164 e. The number of hydrogen-bond donors (Lipinski definition) is 0. The summed E-state index contributed by atoms with van der Waals surface area (Å²) in [6.07, 6.45) is 0.625. The lowest BCUT2D eigenvalue weighted by molar-refractivity contribution is 0.904. The van der Waals surface area contributed by atoms with E-state index >= 15 is 0 Å². The molecule has 3 rings (SSSR count). The number of benzene rings is 1. The van der Waals surface area contributed by atoms with Gasteiger partial charge >= 0.3 is 0 Å². The van der Waals surface area contributed by atoms with Crippen LogP contribution >= 0.6 is 34.8 Å². The monoisotopic (exact) mass is 339 g/mol. The number of alkyl halides is 1. The van der Waals surface area contributed by atoms with E-state index in [1.165, 1.54) is 0 Å². The Kier molecular flexibility index (Phi) is 4.07. The van der Waals surface area contributed by atoms with Crippen LogP contribution < -0.4 is 0 Å². The molecule has 0 aliphatic rings. The summed E-state index contributed by atoms with van der Waals surface area (Å²) < 4.78 is 1.93. The Labute approximate surface area is 137 Å². The Morgan fingerprint density at radius 3 is 2.67 bits per heavy atom. The SMILES string of the molecule is Cc1ccc2nc(CCCl)n(-c3cc(Cl)ccc3Cl)c2n1. The fraction of sp³-hybridized carbons (Fsp3) is 0.200. The molecule has 0 bridgehead atoms. The lowest BCUT2D eigenvalue weighted by Crippen LogP contribution is -2.04. The number of aromatic nitrogens is 3. The van der Waals surface area contributed by atoms with E-state index in [1.54, 1.807) is 12.1 Å². The molecule has 1 aromatic carbocycles. The van der Waals surface area contributed by atoms with Crippen molar-refractivity contribution in [3.8, 4) is 5.69 Å². The van der Waals surface area contributed by atoms with Gasteiger partial charge in [0.05, 0.1) is 10.7 Å². The molecule has 3 aromatic rings. The summed E-state index contributed by atoms with van der Waals surface area (Å²) >= 11 is 18.3. The molecule has 0 unspecified atom stereocenters. The van der Waals surface area contributed by atoms with Gasteiger partial charge in [-0.2, -0.15) is 0 Å². The van der Waals surface area contributed by atoms with Gasteiger partial charge in [-0.05, 0) is 37.3 Å². The minimum absolute atomic E-state index is 0.473. The molecule has 0 aliphatic carbocycles. The third-order valence-electron chi connectivity index (χ3n) is 3.18. The first-order valence-electron chi connectivity index (χ1n) is 6.46. The molecule has 2 aromatic heterocycles. The summed E-state index contributed by atoms with van der Waals surface area (Å²) in [5.74, 6) is 1.29. The summed E-state index contributed by atoms with van der Waals surface area (Å²) in [7, 11) is 0. The zero-order valence-corrected chi connectivity index (χ0v) is 13.5. The number of fused-ring (bicyclic) bond motifs is 1. The van der Waals surface area contributed by atoms with E-state index in [0.29, 0.717) is 22.3 Å². The molecule has 2 heterocycles. The zero-order chi connectivity index (χ0) is 15.0. The molecule has 3 nitrogen and oxygen atoms in total. The Balaban J connectivity index is 2.35. The maximum atomic E-state index is 6.33. The van der Waals surface area contributed by atoms with E-state index in [2.05, 4.69) is 9.97 Å². The Morgan fingerprint density at radius 1 is 1.10 bits per heavy atom. The molecule has 0 saturated heterocycles. The average molecular weight is 341 g/mol. The minimum Gasteiger partial charge on any atom is -0.279 e. The number of pyridine rings is 1. The largest absolute Gasteiger partial charge is 0.279 e. The van der Waals surface area contributed by atoms with Gasteiger partial charge in [-0.1, -0.05) is 23.2 Å². The number of imidazole rings is 1. The van der Waals surface area contributed by atoms with Crippen molar-refractivity contribution < 1.29 is 0 Å². The van der Waals surface area contributed by atoms with Crippen LogP contribution in [0.5, 0.6) is 0 Å². The topological polar surface area (TPSA) is 30.7 Å². The van der Waals surface area contributed by atoms with Crippen molar-refractivity contribution in [2.45, 2.75) is 13.3 Å². The van der Waals surface area contributed by atoms with Crippen molar-refractivity contribution in [3.05, 3.63) is 51.9 Å². The highest BCUT2D eigenvalue weighted by atomic mass is 35.5. The van der Waals surface area contributed by atoms with Crippen molar-refractivity contribution in [3.63, 3.8) is 0 Å². The summed E-state index contributed by atoms with van der Waals surface area (Å²) in [5, 5.41) is 1.21. The quantitative estimate of drug-likeness (QED) is 0.640. The van der Waals surface area contributed by atoms with Gasteiger partial charge in [-0.3, -0.25) is 4.57 Å². The fourth-order valence-corrected chi connectivity index (χ4v) is 2.80. The molecule has 108 valence electrons. The van der Waals surface area contributed by atoms with E-state index in [1.807, 2.05) is 29.7 Å². The van der Waals surface area contributed by atoms with Crippen molar-refractivity contribution >= 4 is 46.0 Å². The summed E-state index contributed by atoms with van der Waals surface area (Å²) in [6, 6.07) is 9.22. The maximum absolute atomic E-state index is 6.33. The Bertz CT molecular complexity index is 811. The number of aryl methyl sites for hydroxylation is 2.